The van der Waals surface area contributed by atoms with Gasteiger partial charge >= 0.3 is 6.36 Å². The summed E-state index contributed by atoms with van der Waals surface area (Å²) in [5.74, 6) is 0.499. The fourth-order valence-electron chi connectivity index (χ4n) is 3.81. The van der Waals surface area contributed by atoms with Crippen LogP contribution in [0.15, 0.2) is 47.5 Å². The van der Waals surface area contributed by atoms with Gasteiger partial charge in [-0.25, -0.2) is 4.98 Å². The van der Waals surface area contributed by atoms with Gasteiger partial charge in [0.25, 0.3) is 5.91 Å². The molecule has 7 nitrogen and oxygen atoms in total. The number of rotatable bonds is 6. The summed E-state index contributed by atoms with van der Waals surface area (Å²) >= 11 is 1.54. The van der Waals surface area contributed by atoms with Gasteiger partial charge in [-0.15, -0.1) is 24.9 Å². The summed E-state index contributed by atoms with van der Waals surface area (Å²) < 4.78 is 40.8. The maximum atomic E-state index is 12.8. The number of benzene rings is 1. The first-order valence-electron chi connectivity index (χ1n) is 10.3. The van der Waals surface area contributed by atoms with Gasteiger partial charge in [0.05, 0.1) is 18.3 Å². The number of carbonyl (C=O) groups excluding carboxylic acids is 1. The number of aromatic nitrogens is 1. The second-order valence-corrected chi connectivity index (χ2v) is 8.91. The molecule has 33 heavy (non-hydrogen) atoms. The number of aliphatic hydroxyl groups is 2. The van der Waals surface area contributed by atoms with Crippen molar-refractivity contribution in [3.05, 3.63) is 58.6 Å². The van der Waals surface area contributed by atoms with Crippen LogP contribution in [-0.4, -0.2) is 59.0 Å². The summed E-state index contributed by atoms with van der Waals surface area (Å²) in [5.41, 5.74) is 1.42. The first-order valence-corrected chi connectivity index (χ1v) is 11.2. The van der Waals surface area contributed by atoms with E-state index in [1.807, 2.05) is 11.0 Å². The van der Waals surface area contributed by atoms with Crippen LogP contribution < -0.4 is 15.0 Å². The quantitative estimate of drug-likeness (QED) is 0.581. The van der Waals surface area contributed by atoms with Gasteiger partial charge in [-0.05, 0) is 36.8 Å². The summed E-state index contributed by atoms with van der Waals surface area (Å²) in [7, 11) is 0. The molecule has 1 aromatic heterocycles. The average molecular weight is 481 g/mol. The van der Waals surface area contributed by atoms with Crippen LogP contribution in [-0.2, 0) is 0 Å². The van der Waals surface area contributed by atoms with E-state index < -0.39 is 18.4 Å². The highest BCUT2D eigenvalue weighted by Gasteiger charge is 2.31. The molecule has 0 aliphatic carbocycles. The van der Waals surface area contributed by atoms with Crippen molar-refractivity contribution in [1.82, 2.24) is 4.98 Å². The number of allylic oxidation sites excluding steroid dienone is 1. The van der Waals surface area contributed by atoms with Gasteiger partial charge in [-0.1, -0.05) is 6.08 Å². The molecule has 1 fully saturated rings. The van der Waals surface area contributed by atoms with Crippen molar-refractivity contribution >= 4 is 29.2 Å². The molecule has 2 atom stereocenters. The Bertz CT molecular complexity index is 1050. The van der Waals surface area contributed by atoms with Crippen LogP contribution in [0.25, 0.3) is 0 Å². The number of thioether (sulfide) groups is 1. The van der Waals surface area contributed by atoms with Crippen LogP contribution in [0.3, 0.4) is 0 Å². The zero-order valence-electron chi connectivity index (χ0n) is 17.4. The lowest BCUT2D eigenvalue weighted by Gasteiger charge is -2.23. The van der Waals surface area contributed by atoms with Crippen LogP contribution in [0, 0.1) is 0 Å². The summed E-state index contributed by atoms with van der Waals surface area (Å²) in [6.07, 6.45) is -1.19. The molecule has 3 heterocycles. The Morgan fingerprint density at radius 2 is 2.06 bits per heavy atom. The molecular formula is C22H22F3N3O4S. The lowest BCUT2D eigenvalue weighted by Crippen LogP contribution is -2.25. The molecule has 1 saturated heterocycles. The molecule has 0 spiro atoms. The normalized spacial score (nSPS) is 20.6. The number of hydrogen-bond donors (Lipinski definition) is 3. The number of halogens is 3. The Balaban J connectivity index is 1.55. The number of alkyl halides is 3. The first-order chi connectivity index (χ1) is 15.7. The van der Waals surface area contributed by atoms with Crippen molar-refractivity contribution in [2.75, 3.05) is 35.7 Å². The molecule has 4 rings (SSSR count). The molecule has 2 aliphatic heterocycles. The van der Waals surface area contributed by atoms with E-state index in [2.05, 4.69) is 15.0 Å². The van der Waals surface area contributed by atoms with E-state index >= 15 is 0 Å². The third-order valence-electron chi connectivity index (χ3n) is 5.36. The second kappa shape index (κ2) is 9.62. The number of hydrogen-bond acceptors (Lipinski definition) is 7. The van der Waals surface area contributed by atoms with Gasteiger partial charge in [-0.3, -0.25) is 4.79 Å². The molecular weight excluding hydrogens is 459 g/mol. The standard InChI is InChI=1S/C22H22F3N3O4S/c23-22(24,25)32-17-3-1-15(2-4-17)27-21(31)13-8-19(14-7-18(11-29)33-12-14)20(26-9-13)28-6-5-16(30)10-28/h1-4,7-9,14,16,29-30H,5-6,10-12H2,(H,27,31). The van der Waals surface area contributed by atoms with Gasteiger partial charge in [0, 0.05) is 47.1 Å². The van der Waals surface area contributed by atoms with Crippen LogP contribution in [0.4, 0.5) is 24.7 Å². The smallest absolute Gasteiger partial charge is 0.406 e. The average Bonchev–Trinajstić information content (AvgIpc) is 3.42. The summed E-state index contributed by atoms with van der Waals surface area (Å²) in [4.78, 5) is 20.2. The monoisotopic (exact) mass is 481 g/mol. The molecule has 0 saturated carbocycles. The Hall–Kier alpha value is -2.76. The minimum absolute atomic E-state index is 0.0519. The van der Waals surface area contributed by atoms with Crippen molar-refractivity contribution < 1.29 is 32.9 Å². The number of aliphatic hydroxyl groups excluding tert-OH is 2. The minimum atomic E-state index is -4.79. The number of nitrogens with zero attached hydrogens (tertiary/aromatic N) is 2. The van der Waals surface area contributed by atoms with E-state index in [1.165, 1.54) is 18.3 Å². The second-order valence-electron chi connectivity index (χ2n) is 7.76. The number of pyridine rings is 1. The van der Waals surface area contributed by atoms with Crippen molar-refractivity contribution in [2.45, 2.75) is 24.8 Å². The Morgan fingerprint density at radius 1 is 1.30 bits per heavy atom. The molecule has 176 valence electrons. The van der Waals surface area contributed by atoms with Crippen LogP contribution in [0.5, 0.6) is 5.75 Å². The molecule has 2 unspecified atom stereocenters. The van der Waals surface area contributed by atoms with Crippen LogP contribution in [0.2, 0.25) is 0 Å². The fraction of sp³-hybridized carbons (Fsp3) is 0.364. The van der Waals surface area contributed by atoms with Crippen molar-refractivity contribution in [1.29, 1.82) is 0 Å². The maximum Gasteiger partial charge on any atom is 0.573 e. The number of nitrogens with one attached hydrogen (secondary N) is 1. The fourth-order valence-corrected chi connectivity index (χ4v) is 4.83. The molecule has 1 aromatic carbocycles. The van der Waals surface area contributed by atoms with Gasteiger partial charge < -0.3 is 25.2 Å². The van der Waals surface area contributed by atoms with E-state index in [0.29, 0.717) is 42.3 Å². The van der Waals surface area contributed by atoms with Gasteiger partial charge in [-0.2, -0.15) is 0 Å². The minimum Gasteiger partial charge on any atom is -0.406 e. The number of carbonyl (C=O) groups is 1. The Morgan fingerprint density at radius 3 is 2.67 bits per heavy atom. The number of β-amino-alcohol motifs (C(OH)–C–C–N with tert-alkyl or cyclic N) is 1. The largest absolute Gasteiger partial charge is 0.573 e. The topological polar surface area (TPSA) is 94.9 Å². The molecule has 0 radical (unpaired) electrons. The van der Waals surface area contributed by atoms with Gasteiger partial charge in [0.1, 0.15) is 11.6 Å². The Kier molecular flexibility index (Phi) is 6.82. The van der Waals surface area contributed by atoms with Crippen molar-refractivity contribution in [3.63, 3.8) is 0 Å². The van der Waals surface area contributed by atoms with Crippen molar-refractivity contribution in [3.8, 4) is 5.75 Å². The van der Waals surface area contributed by atoms with E-state index in [0.717, 1.165) is 22.6 Å². The zero-order valence-corrected chi connectivity index (χ0v) is 18.2. The molecule has 0 bridgehead atoms. The predicted octanol–water partition coefficient (Wildman–Crippen LogP) is 3.51. The van der Waals surface area contributed by atoms with Crippen molar-refractivity contribution in [2.24, 2.45) is 0 Å². The van der Waals surface area contributed by atoms with Crippen LogP contribution in [0.1, 0.15) is 28.3 Å². The number of anilines is 2. The van der Waals surface area contributed by atoms with E-state index in [-0.39, 0.29) is 18.3 Å². The first kappa shape index (κ1) is 23.4. The third kappa shape index (κ3) is 5.79. The highest BCUT2D eigenvalue weighted by molar-refractivity contribution is 8.03. The lowest BCUT2D eigenvalue weighted by molar-refractivity contribution is -0.274. The van der Waals surface area contributed by atoms with Crippen LogP contribution >= 0.6 is 11.8 Å². The number of ether oxygens (including phenoxy) is 1. The third-order valence-corrected chi connectivity index (χ3v) is 6.52. The predicted molar refractivity (Wildman–Crippen MR) is 119 cm³/mol. The van der Waals surface area contributed by atoms with E-state index in [1.54, 1.807) is 17.8 Å². The summed E-state index contributed by atoms with van der Waals surface area (Å²) in [5, 5.41) is 22.0. The highest BCUT2D eigenvalue weighted by atomic mass is 32.2. The summed E-state index contributed by atoms with van der Waals surface area (Å²) in [6, 6.07) is 6.61. The number of amides is 1. The molecule has 2 aliphatic rings. The SMILES string of the molecule is O=C(Nc1ccc(OC(F)(F)F)cc1)c1cnc(N2CCC(O)C2)c(C2C=C(CO)SC2)c1. The molecule has 2 aromatic rings. The molecule has 1 amide bonds. The zero-order chi connectivity index (χ0) is 23.6. The summed E-state index contributed by atoms with van der Waals surface area (Å²) in [6.45, 7) is 1.05. The maximum absolute atomic E-state index is 12.8. The van der Waals surface area contributed by atoms with E-state index in [9.17, 15) is 28.2 Å². The van der Waals surface area contributed by atoms with Gasteiger partial charge in [0.2, 0.25) is 0 Å². The molecule has 11 heteroatoms. The molecule has 3 N–H and O–H groups in total. The van der Waals surface area contributed by atoms with Gasteiger partial charge in [0.15, 0.2) is 0 Å². The lowest BCUT2D eigenvalue weighted by atomic mass is 9.99. The highest BCUT2D eigenvalue weighted by Crippen LogP contribution is 2.39. The van der Waals surface area contributed by atoms with E-state index in [4.69, 9.17) is 0 Å². The Labute approximate surface area is 192 Å².